The van der Waals surface area contributed by atoms with Crippen LogP contribution >= 0.6 is 0 Å². The Kier molecular flexibility index (Phi) is 12.4. The zero-order valence-electron chi connectivity index (χ0n) is 33.8. The Morgan fingerprint density at radius 1 is 0.557 bits per heavy atom. The summed E-state index contributed by atoms with van der Waals surface area (Å²) in [5.41, 5.74) is 5.60. The predicted molar refractivity (Wildman–Crippen MR) is 233 cm³/mol. The fraction of sp³-hybridized carbons (Fsp3) is 0.212. The number of hydrogen-bond donors (Lipinski definition) is 0. The van der Waals surface area contributed by atoms with Crippen molar-refractivity contribution in [2.45, 2.75) is 56.9 Å². The van der Waals surface area contributed by atoms with Crippen molar-refractivity contribution in [3.8, 4) is 17.1 Å². The van der Waals surface area contributed by atoms with Gasteiger partial charge in [-0.1, -0.05) is 152 Å². The largest absolute Gasteiger partial charge is 0.495 e. The molecule has 0 spiro atoms. The van der Waals surface area contributed by atoms with Gasteiger partial charge in [0.25, 0.3) is 0 Å². The van der Waals surface area contributed by atoms with Gasteiger partial charge in [-0.05, 0) is 28.3 Å². The Morgan fingerprint density at radius 2 is 1.07 bits per heavy atom. The number of benzene rings is 6. The van der Waals surface area contributed by atoms with Crippen molar-refractivity contribution in [1.29, 1.82) is 0 Å². The van der Waals surface area contributed by atoms with Crippen molar-refractivity contribution in [3.63, 3.8) is 0 Å². The summed E-state index contributed by atoms with van der Waals surface area (Å²) in [5.74, 6) is 0.727. The summed E-state index contributed by atoms with van der Waals surface area (Å²) in [4.78, 5) is 14.4. The summed E-state index contributed by atoms with van der Waals surface area (Å²) in [6.07, 6.45) is -2.28. The molecule has 9 heteroatoms. The second-order valence-corrected chi connectivity index (χ2v) is 15.0. The van der Waals surface area contributed by atoms with Crippen LogP contribution < -0.4 is 10.2 Å². The van der Waals surface area contributed by atoms with E-state index in [-0.39, 0.29) is 42.8 Å². The molecule has 0 unspecified atom stereocenters. The summed E-state index contributed by atoms with van der Waals surface area (Å²) in [6, 6.07) is 52.8. The van der Waals surface area contributed by atoms with E-state index in [1.54, 1.807) is 12.3 Å². The highest BCUT2D eigenvalue weighted by Crippen LogP contribution is 2.47. The van der Waals surface area contributed by atoms with E-state index in [0.29, 0.717) is 34.6 Å². The topological polar surface area (TPSA) is 98.7 Å². The second-order valence-electron chi connectivity index (χ2n) is 15.0. The van der Waals surface area contributed by atoms with Crippen molar-refractivity contribution < 1.29 is 37.3 Å². The van der Waals surface area contributed by atoms with Gasteiger partial charge in [-0.3, -0.25) is 4.79 Å². The van der Waals surface area contributed by atoms with Gasteiger partial charge in [0, 0.05) is 11.6 Å². The van der Waals surface area contributed by atoms with Crippen molar-refractivity contribution in [1.82, 2.24) is 0 Å². The third-order valence-electron chi connectivity index (χ3n) is 11.0. The molecule has 1 aliphatic heterocycles. The molecule has 8 aromatic rings. The monoisotopic (exact) mass is 814 g/mol. The maximum atomic E-state index is 14.4. The minimum absolute atomic E-state index is 0.149. The van der Waals surface area contributed by atoms with Crippen LogP contribution in [-0.2, 0) is 50.1 Å². The third-order valence-corrected chi connectivity index (χ3v) is 11.0. The lowest BCUT2D eigenvalue weighted by Crippen LogP contribution is -2.58. The molecule has 308 valence electrons. The molecular weight excluding hydrogens is 769 g/mol. The minimum atomic E-state index is -0.928. The van der Waals surface area contributed by atoms with Gasteiger partial charge in [0.05, 0.1) is 57.4 Å². The van der Waals surface area contributed by atoms with Crippen LogP contribution in [0.25, 0.3) is 33.3 Å². The maximum Gasteiger partial charge on any atom is 0.197 e. The van der Waals surface area contributed by atoms with E-state index in [0.717, 1.165) is 27.8 Å². The quantitative estimate of drug-likeness (QED) is 0.0944. The molecule has 3 heterocycles. The zero-order valence-corrected chi connectivity index (χ0v) is 33.8. The lowest BCUT2D eigenvalue weighted by atomic mass is 9.88. The molecule has 6 aromatic carbocycles. The highest BCUT2D eigenvalue weighted by Gasteiger charge is 2.51. The third kappa shape index (κ3) is 8.93. The van der Waals surface area contributed by atoms with Crippen molar-refractivity contribution in [3.05, 3.63) is 208 Å². The maximum absolute atomic E-state index is 14.4. The SMILES string of the molecule is COc1c2ccoc2c([C@@H]2O[C@H](COCc3ccccc3)[C@@H](OCc3ccccc3)[C@H](OCc3ccccc3)[C@H]2OCc2ccccc2)c2oc(-c3ccccc3)cc(=O)c12. The summed E-state index contributed by atoms with van der Waals surface area (Å²) in [5, 5.41) is 0.855. The molecule has 0 saturated carbocycles. The lowest BCUT2D eigenvalue weighted by Gasteiger charge is -2.46. The normalized spacial score (nSPS) is 19.0. The second kappa shape index (κ2) is 18.9. The van der Waals surface area contributed by atoms with E-state index in [1.165, 1.54) is 13.2 Å². The average molecular weight is 815 g/mol. The molecule has 2 aromatic heterocycles. The van der Waals surface area contributed by atoms with Gasteiger partial charge in [0.15, 0.2) is 11.0 Å². The molecule has 1 saturated heterocycles. The van der Waals surface area contributed by atoms with E-state index >= 15 is 0 Å². The van der Waals surface area contributed by atoms with Crippen LogP contribution in [0.4, 0.5) is 0 Å². The minimum Gasteiger partial charge on any atom is -0.495 e. The summed E-state index contributed by atoms with van der Waals surface area (Å²) in [6.45, 7) is 1.28. The molecule has 1 aliphatic rings. The van der Waals surface area contributed by atoms with Crippen molar-refractivity contribution >= 4 is 21.9 Å². The molecule has 61 heavy (non-hydrogen) atoms. The summed E-state index contributed by atoms with van der Waals surface area (Å²) < 4.78 is 54.0. The Hall–Kier alpha value is -6.33. The highest BCUT2D eigenvalue weighted by molar-refractivity contribution is 6.05. The molecule has 9 nitrogen and oxygen atoms in total. The van der Waals surface area contributed by atoms with Crippen LogP contribution in [0.15, 0.2) is 184 Å². The smallest absolute Gasteiger partial charge is 0.197 e. The first-order valence-electron chi connectivity index (χ1n) is 20.5. The first-order valence-corrected chi connectivity index (χ1v) is 20.5. The molecule has 0 N–H and O–H groups in total. The number of fused-ring (bicyclic) bond motifs is 2. The van der Waals surface area contributed by atoms with Crippen molar-refractivity contribution in [2.75, 3.05) is 13.7 Å². The Balaban J connectivity index is 1.23. The molecule has 1 fully saturated rings. The number of methoxy groups -OCH3 is 1. The van der Waals surface area contributed by atoms with E-state index in [2.05, 4.69) is 0 Å². The summed E-state index contributed by atoms with van der Waals surface area (Å²) in [7, 11) is 1.54. The van der Waals surface area contributed by atoms with Gasteiger partial charge in [-0.25, -0.2) is 0 Å². The fourth-order valence-corrected chi connectivity index (χ4v) is 8.07. The van der Waals surface area contributed by atoms with Crippen LogP contribution in [0.5, 0.6) is 5.75 Å². The van der Waals surface area contributed by atoms with Crippen LogP contribution in [-0.4, -0.2) is 38.1 Å². The highest BCUT2D eigenvalue weighted by atomic mass is 16.6. The lowest BCUT2D eigenvalue weighted by molar-refractivity contribution is -0.274. The van der Waals surface area contributed by atoms with Gasteiger partial charge < -0.3 is 37.3 Å². The number of hydrogen-bond acceptors (Lipinski definition) is 9. The van der Waals surface area contributed by atoms with Gasteiger partial charge in [0.1, 0.15) is 53.0 Å². The van der Waals surface area contributed by atoms with Gasteiger partial charge in [0.2, 0.25) is 0 Å². The predicted octanol–water partition coefficient (Wildman–Crippen LogP) is 10.6. The fourth-order valence-electron chi connectivity index (χ4n) is 8.07. The van der Waals surface area contributed by atoms with Crippen molar-refractivity contribution in [2.24, 2.45) is 0 Å². The van der Waals surface area contributed by atoms with E-state index < -0.39 is 30.5 Å². The van der Waals surface area contributed by atoms with Crippen LogP contribution in [0.1, 0.15) is 33.9 Å². The first-order chi connectivity index (χ1) is 30.1. The standard InChI is InChI=1S/C52H46O9/c1-54-46-40-27-28-56-47(40)45(49-44(46)41(53)29-42(60-49)39-25-15-6-16-26-39)50-52(59-33-38-23-13-5-14-24-38)51(58-32-37-21-11-4-12-22-37)48(57-31-36-19-9-3-10-20-36)43(61-50)34-55-30-35-17-7-2-8-18-35/h2-29,43,48,50-52H,30-34H2,1H3/t43-,48-,50+,51+,52+/m1/s1. The molecule has 0 amide bonds. The molecular formula is C52H46O9. The van der Waals surface area contributed by atoms with E-state index in [1.807, 2.05) is 152 Å². The Labute approximate surface area is 354 Å². The summed E-state index contributed by atoms with van der Waals surface area (Å²) >= 11 is 0. The number of furan rings is 1. The average Bonchev–Trinajstić information content (AvgIpc) is 3.80. The molecule has 0 aliphatic carbocycles. The Morgan fingerprint density at radius 3 is 1.62 bits per heavy atom. The zero-order chi connectivity index (χ0) is 41.4. The van der Waals surface area contributed by atoms with Crippen LogP contribution in [0.2, 0.25) is 0 Å². The Bertz CT molecular complexity index is 2680. The number of ether oxygens (including phenoxy) is 6. The first kappa shape index (κ1) is 40.1. The van der Waals surface area contributed by atoms with Gasteiger partial charge >= 0.3 is 0 Å². The van der Waals surface area contributed by atoms with Gasteiger partial charge in [-0.15, -0.1) is 0 Å². The van der Waals surface area contributed by atoms with Gasteiger partial charge in [-0.2, -0.15) is 0 Å². The molecule has 0 radical (unpaired) electrons. The number of rotatable bonds is 16. The molecule has 0 bridgehead atoms. The van der Waals surface area contributed by atoms with E-state index in [9.17, 15) is 4.79 Å². The molecule has 5 atom stereocenters. The van der Waals surface area contributed by atoms with Crippen LogP contribution in [0, 0.1) is 0 Å². The van der Waals surface area contributed by atoms with Crippen LogP contribution in [0.3, 0.4) is 0 Å². The van der Waals surface area contributed by atoms with E-state index in [4.69, 9.17) is 37.3 Å². The molecule has 9 rings (SSSR count).